The van der Waals surface area contributed by atoms with Gasteiger partial charge < -0.3 is 9.64 Å². The third kappa shape index (κ3) is 4.75. The van der Waals surface area contributed by atoms with Crippen LogP contribution < -0.4 is 9.64 Å². The quantitative estimate of drug-likeness (QED) is 0.508. The molecule has 0 N–H and O–H groups in total. The Morgan fingerprint density at radius 3 is 2.50 bits per heavy atom. The van der Waals surface area contributed by atoms with Gasteiger partial charge in [-0.05, 0) is 51.4 Å². The van der Waals surface area contributed by atoms with Crippen LogP contribution in [0.3, 0.4) is 0 Å². The number of aromatic nitrogens is 1. The first-order valence-corrected chi connectivity index (χ1v) is 10.4. The van der Waals surface area contributed by atoms with Crippen LogP contribution in [0.25, 0.3) is 10.2 Å². The molecule has 1 amide bonds. The smallest absolute Gasteiger partial charge is 0.260 e. The van der Waals surface area contributed by atoms with Crippen molar-refractivity contribution >= 4 is 55.8 Å². The average molecular weight is 438 g/mol. The second kappa shape index (κ2) is 9.09. The summed E-state index contributed by atoms with van der Waals surface area (Å²) in [5, 5.41) is 1.46. The number of ether oxygens (including phenoxy) is 1. The first kappa shape index (κ1) is 20.9. The summed E-state index contributed by atoms with van der Waals surface area (Å²) in [6.07, 6.45) is 0. The van der Waals surface area contributed by atoms with Crippen LogP contribution in [0.15, 0.2) is 36.4 Å². The number of thiazole rings is 1. The van der Waals surface area contributed by atoms with Gasteiger partial charge in [0.05, 0.1) is 11.3 Å². The summed E-state index contributed by atoms with van der Waals surface area (Å²) in [5.74, 6) is 0.525. The molecule has 5 nitrogen and oxygen atoms in total. The van der Waals surface area contributed by atoms with E-state index in [-0.39, 0.29) is 5.91 Å². The van der Waals surface area contributed by atoms with E-state index >= 15 is 0 Å². The topological polar surface area (TPSA) is 45.7 Å². The van der Waals surface area contributed by atoms with Crippen molar-refractivity contribution in [3.05, 3.63) is 52.0 Å². The molecule has 8 heteroatoms. The zero-order valence-electron chi connectivity index (χ0n) is 15.9. The molecular formula is C20H21Cl2N3O2S. The molecule has 3 rings (SSSR count). The Kier molecular flexibility index (Phi) is 6.78. The lowest BCUT2D eigenvalue weighted by Crippen LogP contribution is -2.36. The van der Waals surface area contributed by atoms with Crippen LogP contribution in [-0.4, -0.2) is 49.6 Å². The lowest BCUT2D eigenvalue weighted by atomic mass is 10.2. The van der Waals surface area contributed by atoms with Crippen molar-refractivity contribution in [3.63, 3.8) is 0 Å². The molecule has 0 bridgehead atoms. The van der Waals surface area contributed by atoms with Crippen molar-refractivity contribution in [2.24, 2.45) is 0 Å². The highest BCUT2D eigenvalue weighted by molar-refractivity contribution is 7.22. The van der Waals surface area contributed by atoms with Gasteiger partial charge >= 0.3 is 0 Å². The molecule has 1 aromatic heterocycles. The fraction of sp³-hybridized carbons (Fsp3) is 0.300. The third-order valence-corrected chi connectivity index (χ3v) is 5.51. The van der Waals surface area contributed by atoms with Crippen molar-refractivity contribution in [2.45, 2.75) is 6.92 Å². The maximum absolute atomic E-state index is 13.3. The Hall–Kier alpha value is -1.86. The molecule has 0 unspecified atom stereocenters. The molecule has 0 spiro atoms. The summed E-state index contributed by atoms with van der Waals surface area (Å²) >= 11 is 13.7. The number of rotatable bonds is 7. The average Bonchev–Trinajstić information content (AvgIpc) is 3.06. The van der Waals surface area contributed by atoms with Gasteiger partial charge in [-0.2, -0.15) is 0 Å². The fourth-order valence-corrected chi connectivity index (χ4v) is 4.25. The van der Waals surface area contributed by atoms with E-state index in [1.807, 2.05) is 44.1 Å². The van der Waals surface area contributed by atoms with Gasteiger partial charge in [-0.25, -0.2) is 4.98 Å². The summed E-state index contributed by atoms with van der Waals surface area (Å²) in [6.45, 7) is 3.66. The molecule has 2 aromatic carbocycles. The highest BCUT2D eigenvalue weighted by Gasteiger charge is 2.23. The molecule has 0 aliphatic heterocycles. The first-order chi connectivity index (χ1) is 13.4. The van der Waals surface area contributed by atoms with E-state index in [2.05, 4.69) is 0 Å². The molecule has 0 radical (unpaired) electrons. The number of hydrogen-bond acceptors (Lipinski definition) is 5. The first-order valence-electron chi connectivity index (χ1n) is 8.84. The van der Waals surface area contributed by atoms with Gasteiger partial charge in [0.1, 0.15) is 11.3 Å². The molecule has 0 fully saturated rings. The van der Waals surface area contributed by atoms with Crippen molar-refractivity contribution in [2.75, 3.05) is 38.7 Å². The van der Waals surface area contributed by atoms with Crippen molar-refractivity contribution in [3.8, 4) is 5.75 Å². The molecule has 1 heterocycles. The van der Waals surface area contributed by atoms with Gasteiger partial charge in [0.15, 0.2) is 5.13 Å². The number of para-hydroxylation sites is 1. The zero-order valence-corrected chi connectivity index (χ0v) is 18.2. The summed E-state index contributed by atoms with van der Waals surface area (Å²) in [4.78, 5) is 21.7. The molecule has 0 saturated heterocycles. The maximum Gasteiger partial charge on any atom is 0.260 e. The second-order valence-electron chi connectivity index (χ2n) is 6.45. The van der Waals surface area contributed by atoms with Crippen LogP contribution in [0, 0.1) is 0 Å². The van der Waals surface area contributed by atoms with E-state index in [4.69, 9.17) is 32.9 Å². The largest absolute Gasteiger partial charge is 0.492 e. The Morgan fingerprint density at radius 2 is 1.86 bits per heavy atom. The molecule has 0 aliphatic carbocycles. The summed E-state index contributed by atoms with van der Waals surface area (Å²) in [5.41, 5.74) is 1.19. The summed E-state index contributed by atoms with van der Waals surface area (Å²) < 4.78 is 6.65. The predicted molar refractivity (Wildman–Crippen MR) is 117 cm³/mol. The minimum Gasteiger partial charge on any atom is -0.492 e. The highest BCUT2D eigenvalue weighted by Crippen LogP contribution is 2.35. The predicted octanol–water partition coefficient (Wildman–Crippen LogP) is 5.21. The van der Waals surface area contributed by atoms with E-state index in [9.17, 15) is 4.79 Å². The molecule has 0 aliphatic rings. The number of likely N-dealkylation sites (N-methyl/N-ethyl adjacent to an activating group) is 1. The monoisotopic (exact) mass is 437 g/mol. The van der Waals surface area contributed by atoms with Crippen molar-refractivity contribution in [1.82, 2.24) is 9.88 Å². The lowest BCUT2D eigenvalue weighted by molar-refractivity contribution is 0.0985. The number of amides is 1. The van der Waals surface area contributed by atoms with Crippen LogP contribution in [0.2, 0.25) is 10.0 Å². The second-order valence-corrected chi connectivity index (χ2v) is 8.33. The van der Waals surface area contributed by atoms with Crippen LogP contribution >= 0.6 is 34.5 Å². The van der Waals surface area contributed by atoms with Gasteiger partial charge in [0, 0.05) is 28.7 Å². The SMILES string of the molecule is CCOc1cccc2sc(N(CCN(C)C)C(=O)c3cc(Cl)cc(Cl)c3)nc12. The van der Waals surface area contributed by atoms with Crippen LogP contribution in [-0.2, 0) is 0 Å². The number of fused-ring (bicyclic) bond motifs is 1. The van der Waals surface area contributed by atoms with Gasteiger partial charge in [-0.3, -0.25) is 9.69 Å². The Labute approximate surface area is 178 Å². The van der Waals surface area contributed by atoms with Crippen LogP contribution in [0.5, 0.6) is 5.75 Å². The van der Waals surface area contributed by atoms with Crippen molar-refractivity contribution in [1.29, 1.82) is 0 Å². The lowest BCUT2D eigenvalue weighted by Gasteiger charge is -2.22. The number of hydrogen-bond donors (Lipinski definition) is 0. The number of carbonyl (C=O) groups excluding carboxylic acids is 1. The van der Waals surface area contributed by atoms with Gasteiger partial charge in [-0.1, -0.05) is 40.6 Å². The highest BCUT2D eigenvalue weighted by atomic mass is 35.5. The number of halogens is 2. The fourth-order valence-electron chi connectivity index (χ4n) is 2.72. The molecule has 0 atom stereocenters. The maximum atomic E-state index is 13.3. The van der Waals surface area contributed by atoms with Crippen molar-refractivity contribution < 1.29 is 9.53 Å². The van der Waals surface area contributed by atoms with E-state index in [0.717, 1.165) is 10.2 Å². The summed E-state index contributed by atoms with van der Waals surface area (Å²) in [6, 6.07) is 10.6. The molecular weight excluding hydrogens is 417 g/mol. The van der Waals surface area contributed by atoms with Crippen LogP contribution in [0.4, 0.5) is 5.13 Å². The molecule has 3 aromatic rings. The minimum atomic E-state index is -0.191. The van der Waals surface area contributed by atoms with E-state index in [0.29, 0.717) is 46.2 Å². The summed E-state index contributed by atoms with van der Waals surface area (Å²) in [7, 11) is 3.93. The minimum absolute atomic E-state index is 0.191. The molecule has 28 heavy (non-hydrogen) atoms. The third-order valence-electron chi connectivity index (χ3n) is 4.03. The standard InChI is InChI=1S/C20H21Cl2N3O2S/c1-4-27-16-6-5-7-17-18(16)23-20(28-17)25(9-8-24(2)3)19(26)13-10-14(21)12-15(22)11-13/h5-7,10-12H,4,8-9H2,1-3H3. The number of benzene rings is 2. The van der Waals surface area contributed by atoms with E-state index < -0.39 is 0 Å². The van der Waals surface area contributed by atoms with E-state index in [1.54, 1.807) is 23.1 Å². The number of nitrogens with zero attached hydrogens (tertiary/aromatic N) is 3. The Morgan fingerprint density at radius 1 is 1.14 bits per heavy atom. The van der Waals surface area contributed by atoms with E-state index in [1.165, 1.54) is 11.3 Å². The molecule has 0 saturated carbocycles. The zero-order chi connectivity index (χ0) is 20.3. The normalized spacial score (nSPS) is 11.2. The number of carbonyl (C=O) groups is 1. The Balaban J connectivity index is 2.03. The van der Waals surface area contributed by atoms with Gasteiger partial charge in [-0.15, -0.1) is 0 Å². The van der Waals surface area contributed by atoms with Gasteiger partial charge in [0.2, 0.25) is 0 Å². The molecule has 148 valence electrons. The van der Waals surface area contributed by atoms with Crippen LogP contribution in [0.1, 0.15) is 17.3 Å². The Bertz CT molecular complexity index is 970. The number of anilines is 1. The van der Waals surface area contributed by atoms with Gasteiger partial charge in [0.25, 0.3) is 5.91 Å².